The summed E-state index contributed by atoms with van der Waals surface area (Å²) in [5, 5.41) is 0. The summed E-state index contributed by atoms with van der Waals surface area (Å²) < 4.78 is 0. The molecule has 3 rings (SSSR count). The highest BCUT2D eigenvalue weighted by atomic mass is 16.2. The number of nitrogens with zero attached hydrogens (tertiary/aromatic N) is 3. The van der Waals surface area contributed by atoms with Crippen LogP contribution in [0.3, 0.4) is 0 Å². The second kappa shape index (κ2) is 8.81. The van der Waals surface area contributed by atoms with Crippen LogP contribution in [0.25, 0.3) is 0 Å². The molecule has 0 atom stereocenters. The number of imidazole rings is 1. The quantitative estimate of drug-likeness (QED) is 0.843. The van der Waals surface area contributed by atoms with E-state index >= 15 is 0 Å². The predicted octanol–water partition coefficient (Wildman–Crippen LogP) is 3.06. The van der Waals surface area contributed by atoms with Crippen molar-refractivity contribution in [2.45, 2.75) is 38.8 Å². The molecule has 134 valence electrons. The highest BCUT2D eigenvalue weighted by Crippen LogP contribution is 2.23. The van der Waals surface area contributed by atoms with Crippen molar-refractivity contribution in [2.24, 2.45) is 5.92 Å². The van der Waals surface area contributed by atoms with Crippen molar-refractivity contribution in [3.05, 3.63) is 54.1 Å². The zero-order valence-electron chi connectivity index (χ0n) is 15.0. The number of amides is 1. The van der Waals surface area contributed by atoms with Gasteiger partial charge in [0.2, 0.25) is 5.91 Å². The standard InChI is InChI=1S/C20H28N4O/c1-23(15-18-5-3-2-4-6-18)20(25)8-7-17-9-13-24(14-10-17)16-19-21-11-12-22-19/h2-6,11-12,17H,7-10,13-16H2,1H3,(H,21,22). The van der Waals surface area contributed by atoms with E-state index in [2.05, 4.69) is 27.0 Å². The molecule has 5 heteroatoms. The van der Waals surface area contributed by atoms with Crippen LogP contribution >= 0.6 is 0 Å². The first-order valence-corrected chi connectivity index (χ1v) is 9.19. The van der Waals surface area contributed by atoms with Gasteiger partial charge >= 0.3 is 0 Å². The Labute approximate surface area is 150 Å². The lowest BCUT2D eigenvalue weighted by Gasteiger charge is -2.31. The van der Waals surface area contributed by atoms with E-state index in [-0.39, 0.29) is 5.91 Å². The maximum Gasteiger partial charge on any atom is 0.222 e. The van der Waals surface area contributed by atoms with E-state index in [0.29, 0.717) is 18.9 Å². The van der Waals surface area contributed by atoms with Gasteiger partial charge in [-0.1, -0.05) is 30.3 Å². The summed E-state index contributed by atoms with van der Waals surface area (Å²) in [5.74, 6) is 1.96. The number of hydrogen-bond acceptors (Lipinski definition) is 3. The number of benzene rings is 1. The molecule has 0 aliphatic carbocycles. The first-order valence-electron chi connectivity index (χ1n) is 9.19. The molecule has 0 spiro atoms. The molecule has 1 N–H and O–H groups in total. The largest absolute Gasteiger partial charge is 0.348 e. The minimum absolute atomic E-state index is 0.252. The molecular formula is C20H28N4O. The van der Waals surface area contributed by atoms with E-state index < -0.39 is 0 Å². The highest BCUT2D eigenvalue weighted by molar-refractivity contribution is 5.75. The number of H-pyrrole nitrogens is 1. The third-order valence-electron chi connectivity index (χ3n) is 5.09. The molecule has 5 nitrogen and oxygen atoms in total. The van der Waals surface area contributed by atoms with Gasteiger partial charge < -0.3 is 9.88 Å². The molecular weight excluding hydrogens is 312 g/mol. The molecule has 1 aromatic heterocycles. The van der Waals surface area contributed by atoms with Gasteiger partial charge in [-0.15, -0.1) is 0 Å². The Bertz CT molecular complexity index is 633. The highest BCUT2D eigenvalue weighted by Gasteiger charge is 2.21. The van der Waals surface area contributed by atoms with Crippen LogP contribution in [0.2, 0.25) is 0 Å². The average Bonchev–Trinajstić information content (AvgIpc) is 3.14. The third-order valence-corrected chi connectivity index (χ3v) is 5.09. The number of carbonyl (C=O) groups is 1. The van der Waals surface area contributed by atoms with Gasteiger partial charge in [-0.2, -0.15) is 0 Å². The summed E-state index contributed by atoms with van der Waals surface area (Å²) in [6.07, 6.45) is 7.70. The van der Waals surface area contributed by atoms with E-state index in [1.165, 1.54) is 18.4 Å². The Morgan fingerprint density at radius 3 is 2.72 bits per heavy atom. The Kier molecular flexibility index (Phi) is 6.23. The molecule has 1 aromatic carbocycles. The van der Waals surface area contributed by atoms with Gasteiger partial charge in [-0.25, -0.2) is 4.98 Å². The Balaban J connectivity index is 1.35. The number of carbonyl (C=O) groups excluding carboxylic acids is 1. The molecule has 1 saturated heterocycles. The first kappa shape index (κ1) is 17.7. The van der Waals surface area contributed by atoms with Crippen molar-refractivity contribution < 1.29 is 4.79 Å². The minimum Gasteiger partial charge on any atom is -0.348 e. The van der Waals surface area contributed by atoms with Crippen LogP contribution in [0, 0.1) is 5.92 Å². The van der Waals surface area contributed by atoms with Crippen LogP contribution in [-0.2, 0) is 17.9 Å². The van der Waals surface area contributed by atoms with Gasteiger partial charge in [0.25, 0.3) is 0 Å². The maximum absolute atomic E-state index is 12.4. The summed E-state index contributed by atoms with van der Waals surface area (Å²) in [5.41, 5.74) is 1.18. The predicted molar refractivity (Wildman–Crippen MR) is 98.7 cm³/mol. The van der Waals surface area contributed by atoms with Crippen molar-refractivity contribution in [1.29, 1.82) is 0 Å². The van der Waals surface area contributed by atoms with Crippen molar-refractivity contribution in [1.82, 2.24) is 19.8 Å². The van der Waals surface area contributed by atoms with Gasteiger partial charge in [0, 0.05) is 32.4 Å². The number of aromatic nitrogens is 2. The van der Waals surface area contributed by atoms with Crippen LogP contribution in [-0.4, -0.2) is 45.8 Å². The van der Waals surface area contributed by atoms with Crippen LogP contribution in [0.4, 0.5) is 0 Å². The lowest BCUT2D eigenvalue weighted by molar-refractivity contribution is -0.130. The molecule has 1 aliphatic heterocycles. The van der Waals surface area contributed by atoms with Crippen LogP contribution in [0.15, 0.2) is 42.7 Å². The lowest BCUT2D eigenvalue weighted by Crippen LogP contribution is -2.34. The molecule has 1 amide bonds. The Morgan fingerprint density at radius 1 is 1.28 bits per heavy atom. The fourth-order valence-corrected chi connectivity index (χ4v) is 3.49. The normalized spacial score (nSPS) is 16.0. The van der Waals surface area contributed by atoms with E-state index in [9.17, 15) is 4.79 Å². The lowest BCUT2D eigenvalue weighted by atomic mass is 9.92. The molecule has 0 bridgehead atoms. The topological polar surface area (TPSA) is 52.2 Å². The van der Waals surface area contributed by atoms with Crippen molar-refractivity contribution >= 4 is 5.91 Å². The molecule has 0 radical (unpaired) electrons. The van der Waals surface area contributed by atoms with Gasteiger partial charge in [0.15, 0.2) is 0 Å². The molecule has 0 saturated carbocycles. The fraction of sp³-hybridized carbons (Fsp3) is 0.500. The smallest absolute Gasteiger partial charge is 0.222 e. The summed E-state index contributed by atoms with van der Waals surface area (Å²) >= 11 is 0. The maximum atomic E-state index is 12.4. The monoisotopic (exact) mass is 340 g/mol. The van der Waals surface area contributed by atoms with Crippen LogP contribution in [0.5, 0.6) is 0 Å². The summed E-state index contributed by atoms with van der Waals surface area (Å²) in [7, 11) is 1.90. The number of hydrogen-bond donors (Lipinski definition) is 1. The number of aromatic amines is 1. The van der Waals surface area contributed by atoms with Gasteiger partial charge in [0.05, 0.1) is 6.54 Å². The van der Waals surface area contributed by atoms with Gasteiger partial charge in [0.1, 0.15) is 5.82 Å². The second-order valence-electron chi connectivity index (χ2n) is 7.03. The van der Waals surface area contributed by atoms with E-state index in [1.54, 1.807) is 6.20 Å². The summed E-state index contributed by atoms with van der Waals surface area (Å²) in [6, 6.07) is 10.2. The van der Waals surface area contributed by atoms with Crippen LogP contribution in [0.1, 0.15) is 37.1 Å². The molecule has 0 unspecified atom stereocenters. The zero-order valence-corrected chi connectivity index (χ0v) is 15.0. The first-order chi connectivity index (χ1) is 12.2. The minimum atomic E-state index is 0.252. The summed E-state index contributed by atoms with van der Waals surface area (Å²) in [6.45, 7) is 3.79. The van der Waals surface area contributed by atoms with Crippen molar-refractivity contribution in [2.75, 3.05) is 20.1 Å². The molecule has 1 aliphatic rings. The number of nitrogens with one attached hydrogen (secondary N) is 1. The van der Waals surface area contributed by atoms with Gasteiger partial charge in [-0.05, 0) is 43.8 Å². The van der Waals surface area contributed by atoms with E-state index in [0.717, 1.165) is 31.9 Å². The number of piperidine rings is 1. The molecule has 2 aromatic rings. The third kappa shape index (κ3) is 5.43. The number of likely N-dealkylation sites (tertiary alicyclic amines) is 1. The fourth-order valence-electron chi connectivity index (χ4n) is 3.49. The molecule has 1 fully saturated rings. The van der Waals surface area contributed by atoms with E-state index in [4.69, 9.17) is 0 Å². The number of rotatable bonds is 7. The van der Waals surface area contributed by atoms with Gasteiger partial charge in [-0.3, -0.25) is 9.69 Å². The Hall–Kier alpha value is -2.14. The SMILES string of the molecule is CN(Cc1ccccc1)C(=O)CCC1CCN(Cc2ncc[nH]2)CC1. The average molecular weight is 340 g/mol. The second-order valence-corrected chi connectivity index (χ2v) is 7.03. The summed E-state index contributed by atoms with van der Waals surface area (Å²) in [4.78, 5) is 24.1. The molecule has 2 heterocycles. The zero-order chi connectivity index (χ0) is 17.5. The Morgan fingerprint density at radius 2 is 2.04 bits per heavy atom. The van der Waals surface area contributed by atoms with Crippen LogP contribution < -0.4 is 0 Å². The molecule has 25 heavy (non-hydrogen) atoms. The van der Waals surface area contributed by atoms with E-state index in [1.807, 2.05) is 36.3 Å². The van der Waals surface area contributed by atoms with Crippen molar-refractivity contribution in [3.8, 4) is 0 Å². The van der Waals surface area contributed by atoms with Crippen molar-refractivity contribution in [3.63, 3.8) is 0 Å².